The number of methoxy groups -OCH3 is 1. The molecule has 0 aliphatic carbocycles. The van der Waals surface area contributed by atoms with Gasteiger partial charge in [-0.15, -0.1) is 0 Å². The lowest BCUT2D eigenvalue weighted by atomic mass is 9.97. The molecule has 2 rings (SSSR count). The first kappa shape index (κ1) is 14.8. The lowest BCUT2D eigenvalue weighted by Crippen LogP contribution is -2.15. The number of nitrogens with two attached hydrogens (primary N) is 1. The Balaban J connectivity index is 2.30. The highest BCUT2D eigenvalue weighted by Crippen LogP contribution is 2.29. The third kappa shape index (κ3) is 3.11. The van der Waals surface area contributed by atoms with E-state index < -0.39 is 5.82 Å². The first-order valence-electron chi connectivity index (χ1n) is 6.36. The minimum Gasteiger partial charge on any atom is -0.496 e. The highest BCUT2D eigenvalue weighted by molar-refractivity contribution is 6.31. The van der Waals surface area contributed by atoms with Gasteiger partial charge in [0.05, 0.1) is 12.1 Å². The summed E-state index contributed by atoms with van der Waals surface area (Å²) in [5, 5.41) is 0.0895. The van der Waals surface area contributed by atoms with Crippen molar-refractivity contribution in [3.8, 4) is 5.75 Å². The molecule has 0 radical (unpaired) electrons. The van der Waals surface area contributed by atoms with E-state index in [2.05, 4.69) is 0 Å². The number of hydrogen-bond donors (Lipinski definition) is 1. The average molecular weight is 294 g/mol. The van der Waals surface area contributed by atoms with E-state index in [1.807, 2.05) is 25.1 Å². The van der Waals surface area contributed by atoms with Crippen LogP contribution in [0.2, 0.25) is 5.02 Å². The fourth-order valence-corrected chi connectivity index (χ4v) is 2.49. The summed E-state index contributed by atoms with van der Waals surface area (Å²) in [7, 11) is 1.62. The average Bonchev–Trinajstić information content (AvgIpc) is 2.42. The van der Waals surface area contributed by atoms with Crippen molar-refractivity contribution in [2.45, 2.75) is 19.4 Å². The maximum absolute atomic E-state index is 13.5. The highest BCUT2D eigenvalue weighted by Gasteiger charge is 2.15. The zero-order valence-corrected chi connectivity index (χ0v) is 12.2. The predicted octanol–water partition coefficient (Wildman–Crippen LogP) is 4.04. The van der Waals surface area contributed by atoms with Crippen LogP contribution in [0.1, 0.15) is 22.7 Å². The third-order valence-electron chi connectivity index (χ3n) is 3.26. The quantitative estimate of drug-likeness (QED) is 0.923. The lowest BCUT2D eigenvalue weighted by Gasteiger charge is -2.16. The Bertz CT molecular complexity index is 615. The molecular weight excluding hydrogens is 277 g/mol. The Labute approximate surface area is 123 Å². The molecule has 4 heteroatoms. The molecule has 0 spiro atoms. The SMILES string of the molecule is COc1ccc(C)cc1CC(N)c1cccc(F)c1Cl. The summed E-state index contributed by atoms with van der Waals surface area (Å²) < 4.78 is 18.8. The molecule has 1 unspecified atom stereocenters. The molecule has 0 saturated carbocycles. The Morgan fingerprint density at radius 1 is 1.30 bits per heavy atom. The van der Waals surface area contributed by atoms with Crippen LogP contribution in [0, 0.1) is 12.7 Å². The zero-order valence-electron chi connectivity index (χ0n) is 11.5. The van der Waals surface area contributed by atoms with E-state index >= 15 is 0 Å². The number of ether oxygens (including phenoxy) is 1. The van der Waals surface area contributed by atoms with Crippen LogP contribution in [0.3, 0.4) is 0 Å². The molecule has 20 heavy (non-hydrogen) atoms. The molecule has 0 aliphatic rings. The van der Waals surface area contributed by atoms with Gasteiger partial charge in [0.25, 0.3) is 0 Å². The molecule has 0 heterocycles. The van der Waals surface area contributed by atoms with Gasteiger partial charge < -0.3 is 10.5 Å². The second kappa shape index (κ2) is 6.25. The largest absolute Gasteiger partial charge is 0.496 e. The highest BCUT2D eigenvalue weighted by atomic mass is 35.5. The summed E-state index contributed by atoms with van der Waals surface area (Å²) in [6.07, 6.45) is 0.536. The predicted molar refractivity (Wildman–Crippen MR) is 79.8 cm³/mol. The molecule has 2 N–H and O–H groups in total. The van der Waals surface area contributed by atoms with Gasteiger partial charge in [-0.2, -0.15) is 0 Å². The van der Waals surface area contributed by atoms with Crippen LogP contribution in [-0.4, -0.2) is 7.11 Å². The summed E-state index contributed by atoms with van der Waals surface area (Å²) in [6, 6.07) is 10.2. The molecule has 0 saturated heterocycles. The molecule has 2 aromatic carbocycles. The smallest absolute Gasteiger partial charge is 0.142 e. The van der Waals surface area contributed by atoms with Crippen molar-refractivity contribution in [3.05, 3.63) is 63.9 Å². The van der Waals surface area contributed by atoms with Gasteiger partial charge >= 0.3 is 0 Å². The maximum Gasteiger partial charge on any atom is 0.142 e. The van der Waals surface area contributed by atoms with Gasteiger partial charge in [0.15, 0.2) is 0 Å². The van der Waals surface area contributed by atoms with Crippen LogP contribution < -0.4 is 10.5 Å². The topological polar surface area (TPSA) is 35.2 Å². The lowest BCUT2D eigenvalue weighted by molar-refractivity contribution is 0.408. The fourth-order valence-electron chi connectivity index (χ4n) is 2.22. The van der Waals surface area contributed by atoms with Crippen molar-refractivity contribution >= 4 is 11.6 Å². The van der Waals surface area contributed by atoms with Crippen LogP contribution in [0.25, 0.3) is 0 Å². The molecule has 0 aliphatic heterocycles. The molecule has 2 aromatic rings. The van der Waals surface area contributed by atoms with Crippen LogP contribution in [0.15, 0.2) is 36.4 Å². The van der Waals surface area contributed by atoms with E-state index in [0.717, 1.165) is 16.9 Å². The van der Waals surface area contributed by atoms with E-state index in [4.69, 9.17) is 22.1 Å². The number of hydrogen-bond acceptors (Lipinski definition) is 2. The molecule has 0 aromatic heterocycles. The molecule has 0 amide bonds. The summed E-state index contributed by atoms with van der Waals surface area (Å²) in [4.78, 5) is 0. The Morgan fingerprint density at radius 2 is 2.05 bits per heavy atom. The van der Waals surface area contributed by atoms with E-state index in [1.165, 1.54) is 6.07 Å². The van der Waals surface area contributed by atoms with Gasteiger partial charge in [-0.05, 0) is 36.6 Å². The minimum atomic E-state index is -0.448. The Morgan fingerprint density at radius 3 is 2.75 bits per heavy atom. The zero-order chi connectivity index (χ0) is 14.7. The van der Waals surface area contributed by atoms with Crippen molar-refractivity contribution in [1.29, 1.82) is 0 Å². The second-order valence-electron chi connectivity index (χ2n) is 4.77. The number of rotatable bonds is 4. The van der Waals surface area contributed by atoms with E-state index in [1.54, 1.807) is 19.2 Å². The van der Waals surface area contributed by atoms with Crippen molar-refractivity contribution in [3.63, 3.8) is 0 Å². The van der Waals surface area contributed by atoms with Gasteiger partial charge in [-0.3, -0.25) is 0 Å². The normalized spacial score (nSPS) is 12.2. The maximum atomic E-state index is 13.5. The van der Waals surface area contributed by atoms with Crippen molar-refractivity contribution in [2.24, 2.45) is 5.73 Å². The second-order valence-corrected chi connectivity index (χ2v) is 5.15. The van der Waals surface area contributed by atoms with Gasteiger partial charge in [0.1, 0.15) is 11.6 Å². The first-order valence-corrected chi connectivity index (χ1v) is 6.73. The van der Waals surface area contributed by atoms with Crippen molar-refractivity contribution < 1.29 is 9.13 Å². The number of halogens is 2. The van der Waals surface area contributed by atoms with E-state index in [9.17, 15) is 4.39 Å². The number of benzene rings is 2. The Hall–Kier alpha value is -1.58. The number of aryl methyl sites for hydroxylation is 1. The standard InChI is InChI=1S/C16H17ClFNO/c1-10-6-7-15(20-2)11(8-10)9-14(19)12-4-3-5-13(18)16(12)17/h3-8,14H,9,19H2,1-2H3. The van der Waals surface area contributed by atoms with Gasteiger partial charge in [0.2, 0.25) is 0 Å². The van der Waals surface area contributed by atoms with Gasteiger partial charge in [0, 0.05) is 6.04 Å². The monoisotopic (exact) mass is 293 g/mol. The van der Waals surface area contributed by atoms with E-state index in [0.29, 0.717) is 12.0 Å². The molecule has 1 atom stereocenters. The molecule has 0 fully saturated rings. The van der Waals surface area contributed by atoms with Gasteiger partial charge in [-0.1, -0.05) is 41.4 Å². The summed E-state index contributed by atoms with van der Waals surface area (Å²) >= 11 is 5.97. The van der Waals surface area contributed by atoms with Crippen molar-refractivity contribution in [2.75, 3.05) is 7.11 Å². The van der Waals surface area contributed by atoms with E-state index in [-0.39, 0.29) is 11.1 Å². The van der Waals surface area contributed by atoms with Crippen LogP contribution in [0.5, 0.6) is 5.75 Å². The van der Waals surface area contributed by atoms with Gasteiger partial charge in [-0.25, -0.2) is 4.39 Å². The molecule has 2 nitrogen and oxygen atoms in total. The molecule has 0 bridgehead atoms. The van der Waals surface area contributed by atoms with Crippen molar-refractivity contribution in [1.82, 2.24) is 0 Å². The first-order chi connectivity index (χ1) is 9.52. The third-order valence-corrected chi connectivity index (χ3v) is 3.66. The summed E-state index contributed by atoms with van der Waals surface area (Å²) in [5.41, 5.74) is 8.88. The van der Waals surface area contributed by atoms with Crippen LogP contribution in [0.4, 0.5) is 4.39 Å². The van der Waals surface area contributed by atoms with Crippen LogP contribution in [-0.2, 0) is 6.42 Å². The minimum absolute atomic E-state index is 0.0895. The molecule has 106 valence electrons. The summed E-state index contributed by atoms with van der Waals surface area (Å²) in [6.45, 7) is 2.00. The fraction of sp³-hybridized carbons (Fsp3) is 0.250. The summed E-state index contributed by atoms with van der Waals surface area (Å²) in [5.74, 6) is 0.328. The van der Waals surface area contributed by atoms with Crippen LogP contribution >= 0.6 is 11.6 Å². The molecular formula is C16H17ClFNO. The Kier molecular flexibility index (Phi) is 4.63.